The van der Waals surface area contributed by atoms with Crippen LogP contribution in [0.1, 0.15) is 80.8 Å². The van der Waals surface area contributed by atoms with E-state index in [0.29, 0.717) is 0 Å². The summed E-state index contributed by atoms with van der Waals surface area (Å²) in [6.45, 7) is 13.9. The Kier molecular flexibility index (Phi) is 9.50. The fourth-order valence-corrected chi connectivity index (χ4v) is 7.23. The van der Waals surface area contributed by atoms with Gasteiger partial charge in [-0.05, 0) is 0 Å². The molecule has 0 fully saturated rings. The number of rotatable bonds is 3. The van der Waals surface area contributed by atoms with Crippen molar-refractivity contribution in [2.24, 2.45) is 0 Å². The van der Waals surface area contributed by atoms with Crippen molar-refractivity contribution in [3.8, 4) is 11.1 Å². The van der Waals surface area contributed by atoms with E-state index in [0.717, 1.165) is 0 Å². The summed E-state index contributed by atoms with van der Waals surface area (Å²) in [5.41, 5.74) is 15.4. The molecule has 0 saturated carbocycles. The van der Waals surface area contributed by atoms with Gasteiger partial charge in [0.2, 0.25) is 0 Å². The van der Waals surface area contributed by atoms with Gasteiger partial charge in [-0.1, -0.05) is 0 Å². The topological polar surface area (TPSA) is 0 Å². The summed E-state index contributed by atoms with van der Waals surface area (Å²) in [5, 5.41) is 0. The van der Waals surface area contributed by atoms with Gasteiger partial charge in [0, 0.05) is 0 Å². The van der Waals surface area contributed by atoms with Gasteiger partial charge in [-0.2, -0.15) is 0 Å². The number of allylic oxidation sites excluding steroid dienone is 5. The van der Waals surface area contributed by atoms with Crippen LogP contribution in [0.3, 0.4) is 0 Å². The Bertz CT molecular complexity index is 1590. The fraction of sp³-hybridized carbons (Fsp3) is 0.231. The maximum Gasteiger partial charge on any atom is -1.00 e. The first-order valence-corrected chi connectivity index (χ1v) is 15.6. The molecule has 4 aromatic rings. The summed E-state index contributed by atoms with van der Waals surface area (Å²) in [6.07, 6.45) is 4.80. The normalized spacial score (nSPS) is 14.3. The molecule has 3 heteroatoms. The molecule has 0 N–H and O–H groups in total. The first-order chi connectivity index (χ1) is 19.0. The Morgan fingerprint density at radius 1 is 0.571 bits per heavy atom. The zero-order valence-corrected chi connectivity index (χ0v) is 29.2. The summed E-state index contributed by atoms with van der Waals surface area (Å²) in [5.74, 6) is 0.241. The quantitative estimate of drug-likeness (QED) is 0.307. The molecule has 0 radical (unpaired) electrons. The first kappa shape index (κ1) is 32.5. The maximum absolute atomic E-state index is 2.50. The molecule has 2 aliphatic carbocycles. The number of hydrogen-bond acceptors (Lipinski definition) is 0. The summed E-state index contributed by atoms with van der Waals surface area (Å²) >= 11 is 1.45. The van der Waals surface area contributed by atoms with Gasteiger partial charge in [-0.15, -0.1) is 0 Å². The van der Waals surface area contributed by atoms with E-state index in [1.165, 1.54) is 89.2 Å². The molecule has 42 heavy (non-hydrogen) atoms. The first-order valence-electron chi connectivity index (χ1n) is 14.3. The Balaban J connectivity index is 0.00000202. The van der Waals surface area contributed by atoms with Crippen LogP contribution in [0.25, 0.3) is 16.7 Å². The molecular formula is C39H37Cl2Zr. The van der Waals surface area contributed by atoms with E-state index in [2.05, 4.69) is 151 Å². The molecule has 0 saturated heterocycles. The van der Waals surface area contributed by atoms with Gasteiger partial charge in [-0.3, -0.25) is 0 Å². The van der Waals surface area contributed by atoms with Gasteiger partial charge in [-0.25, -0.2) is 0 Å². The summed E-state index contributed by atoms with van der Waals surface area (Å²) < 4.78 is 1.46. The van der Waals surface area contributed by atoms with Crippen molar-refractivity contribution >= 4 is 5.57 Å². The number of hydrogen-bond donors (Lipinski definition) is 0. The molecule has 0 heterocycles. The van der Waals surface area contributed by atoms with Crippen molar-refractivity contribution in [1.82, 2.24) is 0 Å². The number of benzene rings is 4. The minimum absolute atomic E-state index is 0. The molecule has 0 nitrogen and oxygen atoms in total. The third-order valence-corrected chi connectivity index (χ3v) is 9.81. The van der Waals surface area contributed by atoms with E-state index in [4.69, 9.17) is 0 Å². The van der Waals surface area contributed by atoms with Crippen LogP contribution in [0.5, 0.6) is 0 Å². The Labute approximate surface area is 279 Å². The van der Waals surface area contributed by atoms with Crippen molar-refractivity contribution in [2.75, 3.05) is 0 Å². The van der Waals surface area contributed by atoms with Crippen LogP contribution in [0.15, 0.2) is 124 Å². The zero-order chi connectivity index (χ0) is 28.2. The van der Waals surface area contributed by atoms with Crippen LogP contribution in [0, 0.1) is 0 Å². The molecule has 0 amide bonds. The molecule has 6 rings (SSSR count). The van der Waals surface area contributed by atoms with Crippen LogP contribution < -0.4 is 24.8 Å². The van der Waals surface area contributed by atoms with E-state index in [1.807, 2.05) is 0 Å². The maximum atomic E-state index is 2.50. The minimum atomic E-state index is 0. The Hall–Kier alpha value is -2.44. The molecule has 0 aromatic heterocycles. The summed E-state index contributed by atoms with van der Waals surface area (Å²) in [4.78, 5) is 0. The summed E-state index contributed by atoms with van der Waals surface area (Å²) in [6, 6.07) is 36.2. The third kappa shape index (κ3) is 5.86. The van der Waals surface area contributed by atoms with Crippen LogP contribution in [-0.4, -0.2) is 0 Å². The van der Waals surface area contributed by atoms with Gasteiger partial charge >= 0.3 is 257 Å². The molecule has 0 bridgehead atoms. The standard InChI is InChI=1S/C39H37.2ClH.Zr/c1-38(2,3)30-19-21-32-33-22-20-31(39(4,5)6)25-35(33)37(34(32)24-30)29-18-17-28(23-29)36(26-13-9-7-10-14-26)27-15-11-8-12-16-27;;;/h7-22,24-25,37H,1-6H3;2*1H;/q;;;+2/p-2. The van der Waals surface area contributed by atoms with E-state index < -0.39 is 0 Å². The zero-order valence-electron chi connectivity index (χ0n) is 25.2. The molecule has 0 atom stereocenters. The van der Waals surface area contributed by atoms with Crippen molar-refractivity contribution < 1.29 is 49.5 Å². The average Bonchev–Trinajstić information content (AvgIpc) is 3.45. The minimum Gasteiger partial charge on any atom is -1.00 e. The van der Waals surface area contributed by atoms with Gasteiger partial charge in [0.1, 0.15) is 0 Å². The van der Waals surface area contributed by atoms with Crippen LogP contribution in [-0.2, 0) is 35.5 Å². The molecule has 0 unspecified atom stereocenters. The molecule has 4 aromatic carbocycles. The number of halogens is 2. The van der Waals surface area contributed by atoms with Crippen molar-refractivity contribution in [2.45, 2.75) is 58.3 Å². The van der Waals surface area contributed by atoms with Gasteiger partial charge in [0.15, 0.2) is 0 Å². The predicted octanol–water partition coefficient (Wildman–Crippen LogP) is 4.27. The second kappa shape index (κ2) is 12.3. The smallest absolute Gasteiger partial charge is 1.00 e. The fourth-order valence-electron chi connectivity index (χ4n) is 6.16. The van der Waals surface area contributed by atoms with Gasteiger partial charge in [0.25, 0.3) is 0 Å². The Morgan fingerprint density at radius 3 is 1.40 bits per heavy atom. The monoisotopic (exact) mass is 665 g/mol. The van der Waals surface area contributed by atoms with Crippen LogP contribution >= 0.6 is 0 Å². The average molecular weight is 668 g/mol. The summed E-state index contributed by atoms with van der Waals surface area (Å²) in [7, 11) is 0. The molecule has 0 spiro atoms. The van der Waals surface area contributed by atoms with Crippen molar-refractivity contribution in [3.05, 3.63) is 157 Å². The van der Waals surface area contributed by atoms with E-state index in [-0.39, 0.29) is 41.6 Å². The molecule has 0 aliphatic heterocycles. The second-order valence-corrected chi connectivity index (χ2v) is 14.5. The molecule has 2 aliphatic rings. The number of fused-ring (bicyclic) bond motifs is 3. The molecule has 211 valence electrons. The molecular weight excluding hydrogens is 631 g/mol. The van der Waals surface area contributed by atoms with Crippen LogP contribution in [0.2, 0.25) is 0 Å². The SMILES string of the molecule is CC(C)(C)c1ccc2c(c1)C(C1=[C]([Zr+2])C(=C(c3ccccc3)c3ccccc3)C=C1)c1cc(C(C)(C)C)ccc1-2.[Cl-].[Cl-]. The van der Waals surface area contributed by atoms with Crippen LogP contribution in [0.4, 0.5) is 0 Å². The van der Waals surface area contributed by atoms with Gasteiger partial charge < -0.3 is 24.8 Å². The third-order valence-electron chi connectivity index (χ3n) is 8.44. The Morgan fingerprint density at radius 2 is 1.00 bits per heavy atom. The van der Waals surface area contributed by atoms with Crippen molar-refractivity contribution in [3.63, 3.8) is 0 Å². The predicted molar refractivity (Wildman–Crippen MR) is 166 cm³/mol. The second-order valence-electron chi connectivity index (χ2n) is 13.2. The van der Waals surface area contributed by atoms with E-state index in [9.17, 15) is 0 Å². The van der Waals surface area contributed by atoms with E-state index in [1.54, 1.807) is 0 Å². The van der Waals surface area contributed by atoms with E-state index >= 15 is 0 Å². The largest absolute Gasteiger partial charge is 1.00 e. The van der Waals surface area contributed by atoms with Crippen molar-refractivity contribution in [1.29, 1.82) is 0 Å². The van der Waals surface area contributed by atoms with Gasteiger partial charge in [0.05, 0.1) is 0 Å².